The van der Waals surface area contributed by atoms with Gasteiger partial charge in [0.2, 0.25) is 11.8 Å². The molecular weight excluding hydrogens is 857 g/mol. The lowest BCUT2D eigenvalue weighted by Gasteiger charge is -2.29. The van der Waals surface area contributed by atoms with Crippen LogP contribution in [0.1, 0.15) is 195 Å². The number of nitrogens with zero attached hydrogens (tertiary/aromatic N) is 2. The Morgan fingerprint density at radius 1 is 0.419 bits per heavy atom. The summed E-state index contributed by atoms with van der Waals surface area (Å²) >= 11 is 0. The minimum absolute atomic E-state index is 0.225. The van der Waals surface area contributed by atoms with E-state index in [4.69, 9.17) is 9.47 Å². The molecular formula is C48H92N4O6S4. The van der Waals surface area contributed by atoms with Gasteiger partial charge in [-0.3, -0.25) is 19.2 Å². The molecule has 2 amide bonds. The Labute approximate surface area is 396 Å². The van der Waals surface area contributed by atoms with Crippen LogP contribution in [-0.2, 0) is 28.7 Å². The molecule has 0 aliphatic carbocycles. The second kappa shape index (κ2) is 44.1. The van der Waals surface area contributed by atoms with Crippen LogP contribution < -0.4 is 10.6 Å². The molecule has 1 fully saturated rings. The van der Waals surface area contributed by atoms with E-state index in [-0.39, 0.29) is 38.0 Å². The van der Waals surface area contributed by atoms with Gasteiger partial charge in [-0.25, -0.2) is 0 Å². The number of rotatable bonds is 46. The van der Waals surface area contributed by atoms with E-state index >= 15 is 0 Å². The van der Waals surface area contributed by atoms with E-state index in [1.54, 1.807) is 0 Å². The van der Waals surface area contributed by atoms with E-state index in [0.717, 1.165) is 63.4 Å². The summed E-state index contributed by atoms with van der Waals surface area (Å²) in [6.45, 7) is 13.6. The Morgan fingerprint density at radius 2 is 0.710 bits per heavy atom. The van der Waals surface area contributed by atoms with E-state index in [9.17, 15) is 19.2 Å². The Bertz CT molecular complexity index is 974. The van der Waals surface area contributed by atoms with Gasteiger partial charge in [0.05, 0.1) is 12.8 Å². The van der Waals surface area contributed by atoms with Gasteiger partial charge in [-0.2, -0.15) is 0 Å². The predicted octanol–water partition coefficient (Wildman–Crippen LogP) is 11.6. The summed E-state index contributed by atoms with van der Waals surface area (Å²) in [7, 11) is 7.84. The molecule has 10 nitrogen and oxygen atoms in total. The average molecular weight is 950 g/mol. The molecule has 0 aromatic rings. The first-order chi connectivity index (χ1) is 30.3. The maximum absolute atomic E-state index is 12.9. The van der Waals surface area contributed by atoms with Crippen molar-refractivity contribution < 1.29 is 28.7 Å². The second-order valence-corrected chi connectivity index (χ2v) is 22.4. The number of ether oxygens (including phenoxy) is 2. The molecule has 0 bridgehead atoms. The molecule has 0 spiro atoms. The average Bonchev–Trinajstić information content (AvgIpc) is 3.27. The summed E-state index contributed by atoms with van der Waals surface area (Å²) < 4.78 is 11.0. The summed E-state index contributed by atoms with van der Waals surface area (Å²) in [5, 5.41) is 5.34. The van der Waals surface area contributed by atoms with Crippen molar-refractivity contribution in [2.45, 2.75) is 207 Å². The lowest BCUT2D eigenvalue weighted by Crippen LogP contribution is -2.64. The molecule has 1 aliphatic heterocycles. The summed E-state index contributed by atoms with van der Waals surface area (Å²) in [5.74, 6) is 2.97. The number of nitrogens with one attached hydrogen (secondary N) is 2. The number of esters is 2. The number of amides is 2. The molecule has 2 atom stereocenters. The zero-order chi connectivity index (χ0) is 45.1. The fourth-order valence-corrected chi connectivity index (χ4v) is 11.7. The Morgan fingerprint density at radius 3 is 1.06 bits per heavy atom. The quantitative estimate of drug-likeness (QED) is 0.0344. The predicted molar refractivity (Wildman–Crippen MR) is 271 cm³/mol. The molecule has 0 aromatic heterocycles. The smallest absolute Gasteiger partial charge is 0.307 e. The highest BCUT2D eigenvalue weighted by molar-refractivity contribution is 8.77. The number of carbonyl (C=O) groups excluding carboxylic acids is 4. The largest absolute Gasteiger partial charge is 0.463 e. The van der Waals surface area contributed by atoms with Gasteiger partial charge in [0.1, 0.15) is 25.3 Å². The van der Waals surface area contributed by atoms with Gasteiger partial charge in [-0.1, -0.05) is 186 Å². The maximum Gasteiger partial charge on any atom is 0.307 e. The van der Waals surface area contributed by atoms with Gasteiger partial charge in [-0.15, -0.1) is 0 Å². The highest BCUT2D eigenvalue weighted by Gasteiger charge is 2.35. The zero-order valence-electron chi connectivity index (χ0n) is 40.0. The molecule has 14 heteroatoms. The minimum atomic E-state index is -0.975. The van der Waals surface area contributed by atoms with Gasteiger partial charge >= 0.3 is 11.9 Å². The molecule has 1 rings (SSSR count). The van der Waals surface area contributed by atoms with Crippen LogP contribution >= 0.6 is 43.2 Å². The van der Waals surface area contributed by atoms with E-state index < -0.39 is 23.9 Å². The van der Waals surface area contributed by atoms with Crippen molar-refractivity contribution in [3.63, 3.8) is 0 Å². The third-order valence-corrected chi connectivity index (χ3v) is 16.4. The number of hydrogen-bond donors (Lipinski definition) is 2. The molecule has 364 valence electrons. The van der Waals surface area contributed by atoms with Crippen molar-refractivity contribution in [3.05, 3.63) is 0 Å². The summed E-state index contributed by atoms with van der Waals surface area (Å²) in [6.07, 6.45) is 30.6. The lowest BCUT2D eigenvalue weighted by atomic mass is 10.1. The number of hydrogen-bond acceptors (Lipinski definition) is 12. The molecule has 0 aromatic carbocycles. The molecule has 2 N–H and O–H groups in total. The van der Waals surface area contributed by atoms with Crippen molar-refractivity contribution in [1.82, 2.24) is 20.4 Å². The minimum Gasteiger partial charge on any atom is -0.463 e. The highest BCUT2D eigenvalue weighted by atomic mass is 33.1. The van der Waals surface area contributed by atoms with Crippen LogP contribution in [0.15, 0.2) is 0 Å². The Kier molecular flexibility index (Phi) is 42.1. The van der Waals surface area contributed by atoms with Gasteiger partial charge in [0.15, 0.2) is 0 Å². The molecule has 1 saturated heterocycles. The van der Waals surface area contributed by atoms with Crippen LogP contribution in [0.4, 0.5) is 0 Å². The van der Waals surface area contributed by atoms with Crippen LogP contribution in [0.25, 0.3) is 0 Å². The zero-order valence-corrected chi connectivity index (χ0v) is 43.3. The molecule has 0 unspecified atom stereocenters. The first-order valence-electron chi connectivity index (χ1n) is 25.2. The van der Waals surface area contributed by atoms with E-state index in [1.807, 2.05) is 43.2 Å². The summed E-state index contributed by atoms with van der Waals surface area (Å²) in [4.78, 5) is 56.3. The van der Waals surface area contributed by atoms with Crippen LogP contribution in [0.2, 0.25) is 0 Å². The first kappa shape index (κ1) is 59.2. The van der Waals surface area contributed by atoms with Crippen molar-refractivity contribution in [3.8, 4) is 0 Å². The van der Waals surface area contributed by atoms with Crippen molar-refractivity contribution in [2.24, 2.45) is 0 Å². The van der Waals surface area contributed by atoms with Crippen molar-refractivity contribution in [1.29, 1.82) is 0 Å². The van der Waals surface area contributed by atoms with Gasteiger partial charge in [0, 0.05) is 36.1 Å². The fraction of sp³-hybridized carbons (Fsp3) is 0.917. The number of carbonyl (C=O) groups is 4. The lowest BCUT2D eigenvalue weighted by molar-refractivity contribution is -0.152. The van der Waals surface area contributed by atoms with Crippen molar-refractivity contribution in [2.75, 3.05) is 75.5 Å². The molecule has 0 saturated carbocycles. The monoisotopic (exact) mass is 949 g/mol. The van der Waals surface area contributed by atoms with E-state index in [2.05, 4.69) is 48.1 Å². The van der Waals surface area contributed by atoms with Gasteiger partial charge in [-0.05, 0) is 64.7 Å². The molecule has 0 radical (unpaired) electrons. The Hall–Kier alpha value is -0.800. The van der Waals surface area contributed by atoms with Crippen molar-refractivity contribution >= 4 is 66.9 Å². The fourth-order valence-electron chi connectivity index (χ4n) is 7.27. The standard InChI is InChI=1S/C48H92N4O6S4/c1-5-9-13-15-17-19-21-23-31-51(33-27-39-61-59-37-25-11-7-3)35-29-45(53)57-41-43-47(55)50-44(48(56)49-43)42-58-46(54)30-36-52(32-24-22-20-18-16-14-10-6-2)34-28-40-62-60-38-26-12-8-4/h43-44H,5-42H2,1-4H3,(H,49,56)(H,50,55)/t43-,44-/m0/s1. The topological polar surface area (TPSA) is 117 Å². The number of piperazine rings is 1. The van der Waals surface area contributed by atoms with Crippen LogP contribution in [-0.4, -0.2) is 121 Å². The Balaban J connectivity index is 2.46. The third kappa shape index (κ3) is 35.5. The SMILES string of the molecule is CCCCCCCCCCN(CCCSSCCCCC)CCC(=O)OC[C@@H]1NC(=O)[C@H](COC(=O)CCN(CCCCCCCCCC)CCCSSCCCCC)NC1=O. The number of unbranched alkanes of at least 4 members (excludes halogenated alkanes) is 18. The second-order valence-electron chi connectivity index (χ2n) is 17.0. The molecule has 62 heavy (non-hydrogen) atoms. The highest BCUT2D eigenvalue weighted by Crippen LogP contribution is 2.25. The summed E-state index contributed by atoms with van der Waals surface area (Å²) in [6, 6.07) is -1.95. The van der Waals surface area contributed by atoms with E-state index in [0.29, 0.717) is 13.1 Å². The third-order valence-electron chi connectivity index (χ3n) is 11.2. The normalized spacial score (nSPS) is 15.3. The summed E-state index contributed by atoms with van der Waals surface area (Å²) in [5.41, 5.74) is 0. The molecule has 1 heterocycles. The van der Waals surface area contributed by atoms with Crippen LogP contribution in [0, 0.1) is 0 Å². The maximum atomic E-state index is 12.9. The van der Waals surface area contributed by atoms with E-state index in [1.165, 1.54) is 140 Å². The van der Waals surface area contributed by atoms with Gasteiger partial charge in [0.25, 0.3) is 0 Å². The first-order valence-corrected chi connectivity index (χ1v) is 30.2. The van der Waals surface area contributed by atoms with Gasteiger partial charge < -0.3 is 29.9 Å². The van der Waals surface area contributed by atoms with Crippen LogP contribution in [0.5, 0.6) is 0 Å². The van der Waals surface area contributed by atoms with Crippen LogP contribution in [0.3, 0.4) is 0 Å². The molecule has 1 aliphatic rings.